The Bertz CT molecular complexity index is 875. The normalized spacial score (nSPS) is 25.3. The summed E-state index contributed by atoms with van der Waals surface area (Å²) in [7, 11) is 0. The summed E-state index contributed by atoms with van der Waals surface area (Å²) in [5.74, 6) is 0.410. The van der Waals surface area contributed by atoms with Crippen LogP contribution in [0, 0.1) is 11.8 Å². The third kappa shape index (κ3) is 3.13. The average Bonchev–Trinajstić information content (AvgIpc) is 2.79. The van der Waals surface area contributed by atoms with Crippen LogP contribution in [0.2, 0.25) is 0 Å². The monoisotopic (exact) mass is 394 g/mol. The van der Waals surface area contributed by atoms with Gasteiger partial charge in [0.2, 0.25) is 0 Å². The van der Waals surface area contributed by atoms with Gasteiger partial charge < -0.3 is 14.6 Å². The second-order valence-corrected chi connectivity index (χ2v) is 9.03. The van der Waals surface area contributed by atoms with Crippen LogP contribution in [0.1, 0.15) is 69.8 Å². The SMILES string of the molecule is O=C(O)C1Oc2c(ccc3ccccc23)C(C2CCCCC2)(C2CCCCC2)O1. The maximum Gasteiger partial charge on any atom is 0.373 e. The van der Waals surface area contributed by atoms with Crippen LogP contribution in [0.5, 0.6) is 5.75 Å². The van der Waals surface area contributed by atoms with Gasteiger partial charge in [-0.2, -0.15) is 0 Å². The molecule has 0 spiro atoms. The summed E-state index contributed by atoms with van der Waals surface area (Å²) in [5, 5.41) is 12.0. The lowest BCUT2D eigenvalue weighted by molar-refractivity contribution is -0.251. The third-order valence-corrected chi connectivity index (χ3v) is 7.45. The minimum absolute atomic E-state index is 0.352. The number of carbonyl (C=O) groups is 1. The number of hydrogen-bond donors (Lipinski definition) is 1. The molecule has 2 aliphatic carbocycles. The average molecular weight is 395 g/mol. The van der Waals surface area contributed by atoms with Crippen LogP contribution in [0.4, 0.5) is 0 Å². The zero-order valence-electron chi connectivity index (χ0n) is 16.9. The second-order valence-electron chi connectivity index (χ2n) is 9.03. The number of hydrogen-bond acceptors (Lipinski definition) is 3. The van der Waals surface area contributed by atoms with Crippen molar-refractivity contribution >= 4 is 16.7 Å². The van der Waals surface area contributed by atoms with Crippen LogP contribution >= 0.6 is 0 Å². The number of rotatable bonds is 3. The fourth-order valence-corrected chi connectivity index (χ4v) is 6.18. The van der Waals surface area contributed by atoms with Crippen molar-refractivity contribution in [2.24, 2.45) is 11.8 Å². The van der Waals surface area contributed by atoms with E-state index in [9.17, 15) is 9.90 Å². The first-order valence-electron chi connectivity index (χ1n) is 11.3. The van der Waals surface area contributed by atoms with E-state index in [1.165, 1.54) is 38.5 Å². The number of ether oxygens (including phenoxy) is 2. The van der Waals surface area contributed by atoms with Gasteiger partial charge in [-0.1, -0.05) is 74.9 Å². The van der Waals surface area contributed by atoms with Gasteiger partial charge in [-0.05, 0) is 42.9 Å². The van der Waals surface area contributed by atoms with E-state index in [-0.39, 0.29) is 0 Å². The summed E-state index contributed by atoms with van der Waals surface area (Å²) in [6, 6.07) is 12.4. The maximum absolute atomic E-state index is 12.1. The number of carboxylic acid groups (broad SMARTS) is 1. The van der Waals surface area contributed by atoms with Crippen LogP contribution < -0.4 is 4.74 Å². The zero-order valence-corrected chi connectivity index (χ0v) is 16.9. The molecule has 1 heterocycles. The minimum atomic E-state index is -1.24. The summed E-state index contributed by atoms with van der Waals surface area (Å²) in [6.07, 6.45) is 10.5. The molecule has 2 aromatic carbocycles. The van der Waals surface area contributed by atoms with Crippen molar-refractivity contribution in [1.29, 1.82) is 0 Å². The Morgan fingerprint density at radius 2 is 1.48 bits per heavy atom. The molecular formula is C25H30O4. The lowest BCUT2D eigenvalue weighted by atomic mass is 9.62. The molecule has 29 heavy (non-hydrogen) atoms. The first kappa shape index (κ1) is 18.9. The van der Waals surface area contributed by atoms with Crippen molar-refractivity contribution in [3.8, 4) is 5.75 Å². The Morgan fingerprint density at radius 1 is 0.862 bits per heavy atom. The summed E-state index contributed by atoms with van der Waals surface area (Å²) < 4.78 is 12.6. The molecule has 5 rings (SSSR count). The number of benzene rings is 2. The highest BCUT2D eigenvalue weighted by molar-refractivity contribution is 5.90. The van der Waals surface area contributed by atoms with Crippen molar-refractivity contribution in [3.63, 3.8) is 0 Å². The lowest BCUT2D eigenvalue weighted by Crippen LogP contribution is -2.54. The molecule has 1 unspecified atom stereocenters. The van der Waals surface area contributed by atoms with Crippen molar-refractivity contribution in [2.75, 3.05) is 0 Å². The smallest absolute Gasteiger partial charge is 0.373 e. The van der Waals surface area contributed by atoms with Gasteiger partial charge in [0, 0.05) is 10.9 Å². The van der Waals surface area contributed by atoms with Gasteiger partial charge >= 0.3 is 5.97 Å². The van der Waals surface area contributed by atoms with E-state index in [2.05, 4.69) is 18.2 Å². The van der Waals surface area contributed by atoms with Crippen molar-refractivity contribution in [2.45, 2.75) is 76.1 Å². The first-order valence-corrected chi connectivity index (χ1v) is 11.3. The van der Waals surface area contributed by atoms with Crippen LogP contribution in [0.3, 0.4) is 0 Å². The lowest BCUT2D eigenvalue weighted by Gasteiger charge is -2.52. The minimum Gasteiger partial charge on any atom is -0.477 e. The highest BCUT2D eigenvalue weighted by Crippen LogP contribution is 2.57. The molecule has 3 aliphatic rings. The molecule has 0 saturated heterocycles. The maximum atomic E-state index is 12.1. The fourth-order valence-electron chi connectivity index (χ4n) is 6.18. The molecule has 1 N–H and O–H groups in total. The van der Waals surface area contributed by atoms with Gasteiger partial charge in [0.1, 0.15) is 11.4 Å². The molecule has 0 amide bonds. The topological polar surface area (TPSA) is 55.8 Å². The van der Waals surface area contributed by atoms with Gasteiger partial charge in [-0.25, -0.2) is 4.79 Å². The summed E-state index contributed by atoms with van der Waals surface area (Å²) >= 11 is 0. The zero-order chi connectivity index (χ0) is 19.8. The van der Waals surface area contributed by atoms with E-state index < -0.39 is 17.9 Å². The molecule has 4 nitrogen and oxygen atoms in total. The Kier molecular flexibility index (Phi) is 4.99. The highest BCUT2D eigenvalue weighted by Gasteiger charge is 2.54. The summed E-state index contributed by atoms with van der Waals surface area (Å²) in [6.45, 7) is 0. The highest BCUT2D eigenvalue weighted by atomic mass is 16.7. The number of carboxylic acids is 1. The molecule has 2 saturated carbocycles. The van der Waals surface area contributed by atoms with Crippen LogP contribution in [0.25, 0.3) is 10.8 Å². The molecule has 0 radical (unpaired) electrons. The second kappa shape index (κ2) is 7.64. The predicted molar refractivity (Wildman–Crippen MR) is 112 cm³/mol. The predicted octanol–water partition coefficient (Wildman–Crippen LogP) is 6.02. The van der Waals surface area contributed by atoms with E-state index >= 15 is 0 Å². The van der Waals surface area contributed by atoms with Crippen LogP contribution in [0.15, 0.2) is 36.4 Å². The Hall–Kier alpha value is -2.07. The van der Waals surface area contributed by atoms with Crippen molar-refractivity contribution in [3.05, 3.63) is 42.0 Å². The Labute approximate surface area is 172 Å². The number of fused-ring (bicyclic) bond motifs is 3. The van der Waals surface area contributed by atoms with Crippen molar-refractivity contribution < 1.29 is 19.4 Å². The van der Waals surface area contributed by atoms with Gasteiger partial charge in [0.05, 0.1) is 0 Å². The molecule has 0 aromatic heterocycles. The quantitative estimate of drug-likeness (QED) is 0.692. The Balaban J connectivity index is 1.74. The van der Waals surface area contributed by atoms with Gasteiger partial charge in [0.25, 0.3) is 6.29 Å². The van der Waals surface area contributed by atoms with E-state index in [1.807, 2.05) is 18.2 Å². The molecule has 2 aromatic rings. The molecule has 2 fully saturated rings. The van der Waals surface area contributed by atoms with Gasteiger partial charge in [0.15, 0.2) is 0 Å². The number of aliphatic carboxylic acids is 1. The van der Waals surface area contributed by atoms with E-state index in [0.29, 0.717) is 11.8 Å². The third-order valence-electron chi connectivity index (χ3n) is 7.45. The Morgan fingerprint density at radius 3 is 2.10 bits per heavy atom. The molecule has 0 bridgehead atoms. The molecule has 154 valence electrons. The van der Waals surface area contributed by atoms with Crippen molar-refractivity contribution in [1.82, 2.24) is 0 Å². The summed E-state index contributed by atoms with van der Waals surface area (Å²) in [5.41, 5.74) is 0.536. The van der Waals surface area contributed by atoms with Crippen LogP contribution in [-0.4, -0.2) is 17.4 Å². The fraction of sp³-hybridized carbons (Fsp3) is 0.560. The molecule has 4 heteroatoms. The van der Waals surface area contributed by atoms with E-state index in [1.54, 1.807) is 0 Å². The molecule has 1 atom stereocenters. The largest absolute Gasteiger partial charge is 0.477 e. The summed E-state index contributed by atoms with van der Waals surface area (Å²) in [4.78, 5) is 12.1. The molecule has 1 aliphatic heterocycles. The molecular weight excluding hydrogens is 364 g/mol. The standard InChI is InChI=1S/C25H30O4/c26-23(27)24-28-22-20-14-8-7-9-17(20)15-16-21(22)25(29-24,18-10-3-1-4-11-18)19-12-5-2-6-13-19/h7-9,14-16,18-19,24H,1-6,10-13H2,(H,26,27). The van der Waals surface area contributed by atoms with Crippen LogP contribution in [-0.2, 0) is 15.1 Å². The first-order chi connectivity index (χ1) is 14.2. The van der Waals surface area contributed by atoms with Gasteiger partial charge in [-0.3, -0.25) is 0 Å². The van der Waals surface area contributed by atoms with E-state index in [4.69, 9.17) is 9.47 Å². The van der Waals surface area contributed by atoms with E-state index in [0.717, 1.165) is 47.8 Å². The van der Waals surface area contributed by atoms with Gasteiger partial charge in [-0.15, -0.1) is 0 Å².